The molecule has 5 N–H and O–H groups in total. The van der Waals surface area contributed by atoms with Crippen LogP contribution in [0.15, 0.2) is 29.1 Å². The second-order valence-corrected chi connectivity index (χ2v) is 8.63. The molecule has 4 rings (SSSR count). The molecule has 3 fully saturated rings. The third-order valence-corrected chi connectivity index (χ3v) is 7.68. The first-order valence-electron chi connectivity index (χ1n) is 7.97. The number of nitrogens with zero attached hydrogens (tertiary/aromatic N) is 2. The average Bonchev–Trinajstić information content (AvgIpc) is 3.27. The fourth-order valence-electron chi connectivity index (χ4n) is 4.76. The van der Waals surface area contributed by atoms with Gasteiger partial charge in [0.25, 0.3) is 0 Å². The van der Waals surface area contributed by atoms with E-state index >= 15 is 0 Å². The van der Waals surface area contributed by atoms with E-state index in [2.05, 4.69) is 29.4 Å². The van der Waals surface area contributed by atoms with Crippen LogP contribution in [0.5, 0.6) is 0 Å². The lowest BCUT2D eigenvalue weighted by atomic mass is 9.93. The Bertz CT molecular complexity index is 814. The lowest BCUT2D eigenvalue weighted by Crippen LogP contribution is -2.38. The van der Waals surface area contributed by atoms with Crippen LogP contribution in [-0.2, 0) is 0 Å². The number of nitrogens with two attached hydrogens (primary N) is 2. The van der Waals surface area contributed by atoms with Crippen LogP contribution < -0.4 is 16.8 Å². The number of pyridine rings is 1. The summed E-state index contributed by atoms with van der Waals surface area (Å²) in [5.41, 5.74) is 13.8. The van der Waals surface area contributed by atoms with E-state index in [1.807, 2.05) is 18.7 Å². The van der Waals surface area contributed by atoms with Gasteiger partial charge in [-0.1, -0.05) is 19.1 Å². The minimum atomic E-state index is 0.225. The Kier molecular flexibility index (Phi) is 3.35. The second-order valence-electron chi connectivity index (χ2n) is 7.01. The van der Waals surface area contributed by atoms with Crippen LogP contribution in [0.4, 0.5) is 0 Å². The SMILES string of the molecule is Cc1cnc(C#N)c(SC2C3C(N/C=C(\N)C(N)=S)C4C(C)C243)c1. The molecule has 1 aromatic rings. The summed E-state index contributed by atoms with van der Waals surface area (Å²) in [6.45, 7) is 4.33. The molecule has 0 amide bonds. The quantitative estimate of drug-likeness (QED) is 0.544. The van der Waals surface area contributed by atoms with Gasteiger partial charge in [-0.3, -0.25) is 0 Å². The van der Waals surface area contributed by atoms with Crippen molar-refractivity contribution in [1.29, 1.82) is 5.26 Å². The van der Waals surface area contributed by atoms with E-state index in [0.717, 1.165) is 10.5 Å². The van der Waals surface area contributed by atoms with Crippen molar-refractivity contribution < 1.29 is 0 Å². The number of thioether (sulfide) groups is 1. The van der Waals surface area contributed by atoms with Gasteiger partial charge in [0.1, 0.15) is 11.1 Å². The Morgan fingerprint density at radius 3 is 2.92 bits per heavy atom. The highest BCUT2D eigenvalue weighted by molar-refractivity contribution is 8.00. The van der Waals surface area contributed by atoms with Gasteiger partial charge in [-0.25, -0.2) is 4.98 Å². The number of hydrogen-bond donors (Lipinski definition) is 3. The van der Waals surface area contributed by atoms with Crippen molar-refractivity contribution in [2.75, 3.05) is 0 Å². The Labute approximate surface area is 150 Å². The van der Waals surface area contributed by atoms with Crippen molar-refractivity contribution in [3.8, 4) is 6.07 Å². The summed E-state index contributed by atoms with van der Waals surface area (Å²) in [7, 11) is 0. The normalized spacial score (nSPS) is 38.2. The molecule has 3 aliphatic rings. The lowest BCUT2D eigenvalue weighted by Gasteiger charge is -2.24. The molecule has 3 saturated carbocycles. The molecule has 0 saturated heterocycles. The van der Waals surface area contributed by atoms with E-state index in [4.69, 9.17) is 23.7 Å². The van der Waals surface area contributed by atoms with E-state index in [0.29, 0.717) is 45.9 Å². The summed E-state index contributed by atoms with van der Waals surface area (Å²) in [5, 5.41) is 13.2. The first kappa shape index (κ1) is 15.7. The monoisotopic (exact) mass is 357 g/mol. The smallest absolute Gasteiger partial charge is 0.154 e. The van der Waals surface area contributed by atoms with Crippen molar-refractivity contribution in [2.24, 2.45) is 34.6 Å². The topological polar surface area (TPSA) is 101 Å². The fraction of sp³-hybridized carbons (Fsp3) is 0.471. The molecule has 1 aromatic heterocycles. The molecule has 0 aromatic carbocycles. The number of aromatic nitrogens is 1. The summed E-state index contributed by atoms with van der Waals surface area (Å²) in [6, 6.07) is 4.70. The zero-order chi connectivity index (χ0) is 17.2. The summed E-state index contributed by atoms with van der Waals surface area (Å²) < 4.78 is 0. The van der Waals surface area contributed by atoms with Crippen LogP contribution in [0.3, 0.4) is 0 Å². The van der Waals surface area contributed by atoms with E-state index < -0.39 is 0 Å². The van der Waals surface area contributed by atoms with Crippen LogP contribution in [0.2, 0.25) is 0 Å². The number of nitriles is 1. The highest BCUT2D eigenvalue weighted by Gasteiger charge is 2.94. The van der Waals surface area contributed by atoms with Gasteiger partial charge in [0.15, 0.2) is 5.69 Å². The molecule has 1 spiro atoms. The molecular formula is C17H19N5S2. The predicted octanol–water partition coefficient (Wildman–Crippen LogP) is 1.66. The number of aryl methyl sites for hydroxylation is 1. The van der Waals surface area contributed by atoms with E-state index in [1.54, 1.807) is 12.4 Å². The molecule has 1 heterocycles. The molecule has 6 atom stereocenters. The largest absolute Gasteiger partial charge is 0.395 e. The van der Waals surface area contributed by atoms with Gasteiger partial charge in [0.05, 0.1) is 5.70 Å². The second kappa shape index (κ2) is 5.11. The predicted molar refractivity (Wildman–Crippen MR) is 97.9 cm³/mol. The van der Waals surface area contributed by atoms with Crippen molar-refractivity contribution in [2.45, 2.75) is 30.0 Å². The first-order valence-corrected chi connectivity index (χ1v) is 9.26. The maximum absolute atomic E-state index is 9.28. The summed E-state index contributed by atoms with van der Waals surface area (Å²) in [4.78, 5) is 5.48. The molecule has 5 nitrogen and oxygen atoms in total. The standard InChI is InChI=1S/C17H19N5S2/c1-7-3-11(10(4-18)21-5-7)24-15-13-14(12-8(2)17(12,13)15)22-6-9(19)16(20)23/h3,5-6,8,12-15,22H,19H2,1-2H3,(H2,20,23)/b9-6-. The van der Waals surface area contributed by atoms with Gasteiger partial charge in [0, 0.05) is 28.6 Å². The highest BCUT2D eigenvalue weighted by atomic mass is 32.2. The van der Waals surface area contributed by atoms with Gasteiger partial charge >= 0.3 is 0 Å². The summed E-state index contributed by atoms with van der Waals surface area (Å²) in [5.74, 6) is 2.00. The molecule has 7 heteroatoms. The maximum atomic E-state index is 9.28. The molecule has 24 heavy (non-hydrogen) atoms. The Hall–Kier alpha value is -1.78. The first-order chi connectivity index (χ1) is 11.4. The third-order valence-electron chi connectivity index (χ3n) is 5.92. The van der Waals surface area contributed by atoms with Crippen LogP contribution >= 0.6 is 24.0 Å². The molecule has 0 aliphatic heterocycles. The van der Waals surface area contributed by atoms with Crippen molar-refractivity contribution in [3.63, 3.8) is 0 Å². The van der Waals surface area contributed by atoms with Crippen LogP contribution in [-0.4, -0.2) is 21.3 Å². The zero-order valence-corrected chi connectivity index (χ0v) is 15.1. The molecular weight excluding hydrogens is 338 g/mol. The Morgan fingerprint density at radius 1 is 1.50 bits per heavy atom. The van der Waals surface area contributed by atoms with Gasteiger partial charge in [-0.05, 0) is 41.7 Å². The number of nitrogens with one attached hydrogen (secondary N) is 1. The minimum absolute atomic E-state index is 0.225. The summed E-state index contributed by atoms with van der Waals surface area (Å²) in [6.07, 6.45) is 3.50. The van der Waals surface area contributed by atoms with E-state index in [1.165, 1.54) is 0 Å². The molecule has 0 bridgehead atoms. The summed E-state index contributed by atoms with van der Waals surface area (Å²) >= 11 is 6.69. The average molecular weight is 358 g/mol. The van der Waals surface area contributed by atoms with Crippen LogP contribution in [0.1, 0.15) is 18.2 Å². The molecule has 6 unspecified atom stereocenters. The van der Waals surface area contributed by atoms with Crippen LogP contribution in [0.25, 0.3) is 0 Å². The van der Waals surface area contributed by atoms with E-state index in [-0.39, 0.29) is 4.99 Å². The minimum Gasteiger partial charge on any atom is -0.395 e. The number of rotatable bonds is 5. The van der Waals surface area contributed by atoms with Crippen molar-refractivity contribution in [1.82, 2.24) is 10.3 Å². The van der Waals surface area contributed by atoms with Crippen molar-refractivity contribution >= 4 is 29.0 Å². The number of thiocarbonyl (C=S) groups is 1. The highest BCUT2D eigenvalue weighted by Crippen LogP contribution is 2.92. The lowest BCUT2D eigenvalue weighted by molar-refractivity contribution is 0.330. The maximum Gasteiger partial charge on any atom is 0.154 e. The zero-order valence-electron chi connectivity index (χ0n) is 13.5. The molecule has 3 aliphatic carbocycles. The van der Waals surface area contributed by atoms with Gasteiger partial charge in [0.2, 0.25) is 0 Å². The Balaban J connectivity index is 1.49. The fourth-order valence-corrected chi connectivity index (χ4v) is 6.76. The molecule has 124 valence electrons. The van der Waals surface area contributed by atoms with Crippen LogP contribution in [0, 0.1) is 41.4 Å². The van der Waals surface area contributed by atoms with E-state index in [9.17, 15) is 5.26 Å². The van der Waals surface area contributed by atoms with Gasteiger partial charge < -0.3 is 16.8 Å². The van der Waals surface area contributed by atoms with Crippen molar-refractivity contribution in [3.05, 3.63) is 35.4 Å². The third kappa shape index (κ3) is 1.93. The Morgan fingerprint density at radius 2 is 2.25 bits per heavy atom. The molecule has 0 radical (unpaired) electrons. The van der Waals surface area contributed by atoms with Gasteiger partial charge in [-0.2, -0.15) is 5.26 Å². The van der Waals surface area contributed by atoms with Gasteiger partial charge in [-0.15, -0.1) is 11.8 Å². The number of hydrogen-bond acceptors (Lipinski definition) is 6.